The molecule has 7 heteroatoms. The van der Waals surface area contributed by atoms with Crippen molar-refractivity contribution >= 4 is 0 Å². The van der Waals surface area contributed by atoms with E-state index in [9.17, 15) is 22.0 Å². The summed E-state index contributed by atoms with van der Waals surface area (Å²) in [6.45, 7) is 1.33. The largest absolute Gasteiger partial charge is 0.435 e. The van der Waals surface area contributed by atoms with Crippen molar-refractivity contribution in [3.05, 3.63) is 47.3 Å². The monoisotopic (exact) mass is 262 g/mol. The van der Waals surface area contributed by atoms with Crippen molar-refractivity contribution in [3.8, 4) is 5.69 Å². The molecular formula is C11H7F5N2. The predicted octanol–water partition coefficient (Wildman–Crippen LogP) is 3.48. The quantitative estimate of drug-likeness (QED) is 0.719. The molecule has 2 nitrogen and oxygen atoms in total. The molecule has 1 aromatic carbocycles. The van der Waals surface area contributed by atoms with E-state index in [4.69, 9.17) is 0 Å². The van der Waals surface area contributed by atoms with Crippen LogP contribution >= 0.6 is 0 Å². The summed E-state index contributed by atoms with van der Waals surface area (Å²) in [5, 5.41) is 3.25. The number of hydrogen-bond acceptors (Lipinski definition) is 1. The van der Waals surface area contributed by atoms with Gasteiger partial charge in [0.2, 0.25) is 0 Å². The fourth-order valence-corrected chi connectivity index (χ4v) is 1.48. The molecule has 0 saturated heterocycles. The van der Waals surface area contributed by atoms with E-state index >= 15 is 0 Å². The third-order valence-electron chi connectivity index (χ3n) is 2.41. The topological polar surface area (TPSA) is 17.8 Å². The average molecular weight is 262 g/mol. The maximum absolute atomic E-state index is 13.3. The number of halogens is 5. The van der Waals surface area contributed by atoms with Crippen LogP contribution in [-0.4, -0.2) is 9.78 Å². The van der Waals surface area contributed by atoms with Gasteiger partial charge in [-0.3, -0.25) is 0 Å². The van der Waals surface area contributed by atoms with Crippen LogP contribution in [0.15, 0.2) is 24.4 Å². The van der Waals surface area contributed by atoms with Gasteiger partial charge in [-0.05, 0) is 13.0 Å². The van der Waals surface area contributed by atoms with Crippen LogP contribution < -0.4 is 0 Å². The molecule has 0 N–H and O–H groups in total. The Hall–Kier alpha value is -1.92. The minimum Gasteiger partial charge on any atom is -0.240 e. The molecule has 0 unspecified atom stereocenters. The van der Waals surface area contributed by atoms with Crippen molar-refractivity contribution in [2.75, 3.05) is 0 Å². The lowest BCUT2D eigenvalue weighted by Gasteiger charge is -2.07. The third kappa shape index (κ3) is 2.20. The molecule has 0 aliphatic rings. The van der Waals surface area contributed by atoms with Gasteiger partial charge in [0.1, 0.15) is 11.6 Å². The molecule has 0 spiro atoms. The second-order valence-electron chi connectivity index (χ2n) is 3.68. The first-order chi connectivity index (χ1) is 8.29. The van der Waals surface area contributed by atoms with Crippen molar-refractivity contribution in [1.29, 1.82) is 0 Å². The van der Waals surface area contributed by atoms with Gasteiger partial charge in [0.15, 0.2) is 5.69 Å². The van der Waals surface area contributed by atoms with Crippen molar-refractivity contribution in [3.63, 3.8) is 0 Å². The van der Waals surface area contributed by atoms with Crippen LogP contribution in [0, 0.1) is 18.6 Å². The minimum absolute atomic E-state index is 0.0215. The van der Waals surface area contributed by atoms with Gasteiger partial charge in [0, 0.05) is 23.9 Å². The van der Waals surface area contributed by atoms with Crippen molar-refractivity contribution < 1.29 is 22.0 Å². The molecule has 0 radical (unpaired) electrons. The lowest BCUT2D eigenvalue weighted by Crippen LogP contribution is -2.08. The lowest BCUT2D eigenvalue weighted by molar-refractivity contribution is -0.141. The summed E-state index contributed by atoms with van der Waals surface area (Å²) in [4.78, 5) is 0. The van der Waals surface area contributed by atoms with E-state index in [-0.39, 0.29) is 11.3 Å². The van der Waals surface area contributed by atoms with Gasteiger partial charge < -0.3 is 0 Å². The molecular weight excluding hydrogens is 255 g/mol. The van der Waals surface area contributed by atoms with Crippen LogP contribution in [-0.2, 0) is 6.18 Å². The average Bonchev–Trinajstić information content (AvgIpc) is 2.71. The van der Waals surface area contributed by atoms with Gasteiger partial charge in [-0.1, -0.05) is 0 Å². The highest BCUT2D eigenvalue weighted by atomic mass is 19.4. The van der Waals surface area contributed by atoms with Crippen LogP contribution in [0.1, 0.15) is 11.3 Å². The highest BCUT2D eigenvalue weighted by molar-refractivity contribution is 5.41. The first-order valence-electron chi connectivity index (χ1n) is 4.88. The fourth-order valence-electron chi connectivity index (χ4n) is 1.48. The Balaban J connectivity index is 2.53. The summed E-state index contributed by atoms with van der Waals surface area (Å²) in [6.07, 6.45) is -3.59. The van der Waals surface area contributed by atoms with E-state index in [1.807, 2.05) is 0 Å². The van der Waals surface area contributed by atoms with E-state index in [0.717, 1.165) is 23.0 Å². The summed E-state index contributed by atoms with van der Waals surface area (Å²) in [5.74, 6) is -1.72. The molecule has 18 heavy (non-hydrogen) atoms. The summed E-state index contributed by atoms with van der Waals surface area (Å²) >= 11 is 0. The first kappa shape index (κ1) is 12.5. The van der Waals surface area contributed by atoms with Gasteiger partial charge in [-0.25, -0.2) is 13.5 Å². The molecule has 2 rings (SSSR count). The summed E-state index contributed by atoms with van der Waals surface area (Å²) in [5.41, 5.74) is -1.16. The van der Waals surface area contributed by atoms with E-state index in [0.29, 0.717) is 6.07 Å². The van der Waals surface area contributed by atoms with Crippen LogP contribution in [0.3, 0.4) is 0 Å². The van der Waals surface area contributed by atoms with Gasteiger partial charge in [-0.2, -0.15) is 18.3 Å². The SMILES string of the molecule is Cc1c(F)cc(F)cc1-n1ccc(C(F)(F)F)n1. The van der Waals surface area contributed by atoms with E-state index in [1.165, 1.54) is 6.92 Å². The smallest absolute Gasteiger partial charge is 0.240 e. The van der Waals surface area contributed by atoms with E-state index < -0.39 is 23.5 Å². The molecule has 2 aromatic rings. The minimum atomic E-state index is -4.59. The summed E-state index contributed by atoms with van der Waals surface area (Å²) in [6, 6.07) is 2.32. The second kappa shape index (κ2) is 4.08. The van der Waals surface area contributed by atoms with E-state index in [1.54, 1.807) is 0 Å². The van der Waals surface area contributed by atoms with Crippen LogP contribution in [0.4, 0.5) is 22.0 Å². The zero-order valence-electron chi connectivity index (χ0n) is 9.09. The van der Waals surface area contributed by atoms with Crippen LogP contribution in [0.5, 0.6) is 0 Å². The highest BCUT2D eigenvalue weighted by Gasteiger charge is 2.33. The molecule has 0 atom stereocenters. The normalized spacial score (nSPS) is 11.9. The Kier molecular flexibility index (Phi) is 2.84. The Labute approximate surface area is 98.7 Å². The third-order valence-corrected chi connectivity index (χ3v) is 2.41. The lowest BCUT2D eigenvalue weighted by atomic mass is 10.2. The van der Waals surface area contributed by atoms with Crippen LogP contribution in [0.2, 0.25) is 0 Å². The van der Waals surface area contributed by atoms with Crippen molar-refractivity contribution in [2.24, 2.45) is 0 Å². The van der Waals surface area contributed by atoms with E-state index in [2.05, 4.69) is 5.10 Å². The van der Waals surface area contributed by atoms with Crippen molar-refractivity contribution in [1.82, 2.24) is 9.78 Å². The molecule has 0 aliphatic carbocycles. The number of nitrogens with zero attached hydrogens (tertiary/aromatic N) is 2. The Morgan fingerprint density at radius 2 is 1.83 bits per heavy atom. The highest BCUT2D eigenvalue weighted by Crippen LogP contribution is 2.28. The van der Waals surface area contributed by atoms with Gasteiger partial charge in [0.05, 0.1) is 5.69 Å². The van der Waals surface area contributed by atoms with Crippen molar-refractivity contribution in [2.45, 2.75) is 13.1 Å². The molecule has 1 aromatic heterocycles. The number of alkyl halides is 3. The van der Waals surface area contributed by atoms with Gasteiger partial charge in [0.25, 0.3) is 0 Å². The second-order valence-corrected chi connectivity index (χ2v) is 3.68. The standard InChI is InChI=1S/C11H7F5N2/c1-6-8(13)4-7(12)5-9(6)18-3-2-10(17-18)11(14,15)16/h2-5H,1H3. The summed E-state index contributed by atoms with van der Waals surface area (Å²) < 4.78 is 64.1. The number of benzene rings is 1. The van der Waals surface area contributed by atoms with Gasteiger partial charge in [-0.15, -0.1) is 0 Å². The fraction of sp³-hybridized carbons (Fsp3) is 0.182. The molecule has 0 bridgehead atoms. The molecule has 1 heterocycles. The maximum atomic E-state index is 13.3. The number of hydrogen-bond donors (Lipinski definition) is 0. The zero-order chi connectivity index (χ0) is 13.5. The predicted molar refractivity (Wildman–Crippen MR) is 53.2 cm³/mol. The van der Waals surface area contributed by atoms with Gasteiger partial charge >= 0.3 is 6.18 Å². The maximum Gasteiger partial charge on any atom is 0.435 e. The first-order valence-corrected chi connectivity index (χ1v) is 4.88. The molecule has 0 amide bonds. The number of aromatic nitrogens is 2. The molecule has 0 saturated carbocycles. The Morgan fingerprint density at radius 1 is 1.17 bits per heavy atom. The van der Waals surface area contributed by atoms with Crippen LogP contribution in [0.25, 0.3) is 5.69 Å². The number of rotatable bonds is 1. The zero-order valence-corrected chi connectivity index (χ0v) is 9.09. The molecule has 0 fully saturated rings. The summed E-state index contributed by atoms with van der Waals surface area (Å²) in [7, 11) is 0. The molecule has 96 valence electrons. The molecule has 0 aliphatic heterocycles. The Morgan fingerprint density at radius 3 is 2.39 bits per heavy atom. The Bertz CT molecular complexity index is 586.